The first kappa shape index (κ1) is 17.4. The molecule has 0 atom stereocenters. The van der Waals surface area contributed by atoms with Crippen LogP contribution >= 0.6 is 11.8 Å². The molecule has 0 aliphatic carbocycles. The van der Waals surface area contributed by atoms with Crippen molar-refractivity contribution in [2.45, 2.75) is 17.5 Å². The highest BCUT2D eigenvalue weighted by atomic mass is 32.2. The van der Waals surface area contributed by atoms with Crippen molar-refractivity contribution >= 4 is 22.7 Å². The Hall–Kier alpha value is -2.99. The number of rotatable bonds is 5. The van der Waals surface area contributed by atoms with Gasteiger partial charge in [0, 0.05) is 11.9 Å². The third-order valence-electron chi connectivity index (χ3n) is 4.13. The van der Waals surface area contributed by atoms with Gasteiger partial charge in [0.25, 0.3) is 5.56 Å². The van der Waals surface area contributed by atoms with Crippen molar-refractivity contribution in [3.8, 4) is 0 Å². The Morgan fingerprint density at radius 2 is 1.85 bits per heavy atom. The maximum absolute atomic E-state index is 13.4. The third-order valence-corrected chi connectivity index (χ3v) is 5.18. The molecule has 4 aromatic rings. The van der Waals surface area contributed by atoms with E-state index in [0.717, 1.165) is 11.3 Å². The maximum atomic E-state index is 13.4. The quantitative estimate of drug-likeness (QED) is 0.385. The number of nitrogens with zero attached hydrogens (tertiary/aromatic N) is 3. The zero-order valence-corrected chi connectivity index (χ0v) is 15.2. The van der Waals surface area contributed by atoms with Gasteiger partial charge in [-0.15, -0.1) is 0 Å². The van der Waals surface area contributed by atoms with Crippen LogP contribution in [0.3, 0.4) is 0 Å². The molecule has 4 rings (SSSR count). The van der Waals surface area contributed by atoms with Crippen LogP contribution in [0.4, 0.5) is 4.39 Å². The topological polar surface area (TPSA) is 47.8 Å². The first-order valence-electron chi connectivity index (χ1n) is 8.47. The molecule has 6 heteroatoms. The van der Waals surface area contributed by atoms with Crippen molar-refractivity contribution in [2.75, 3.05) is 0 Å². The van der Waals surface area contributed by atoms with Crippen LogP contribution in [0.1, 0.15) is 11.3 Å². The zero-order valence-electron chi connectivity index (χ0n) is 14.4. The molecule has 0 aliphatic rings. The third kappa shape index (κ3) is 3.90. The van der Waals surface area contributed by atoms with Crippen molar-refractivity contribution in [3.63, 3.8) is 0 Å². The molecule has 0 N–H and O–H groups in total. The van der Waals surface area contributed by atoms with E-state index >= 15 is 0 Å². The predicted molar refractivity (Wildman–Crippen MR) is 105 cm³/mol. The second-order valence-corrected chi connectivity index (χ2v) is 6.98. The van der Waals surface area contributed by atoms with E-state index in [9.17, 15) is 9.18 Å². The van der Waals surface area contributed by atoms with E-state index in [1.165, 1.54) is 23.9 Å². The highest BCUT2D eigenvalue weighted by Gasteiger charge is 2.12. The van der Waals surface area contributed by atoms with Gasteiger partial charge in [-0.3, -0.25) is 14.3 Å². The molecule has 0 saturated carbocycles. The summed E-state index contributed by atoms with van der Waals surface area (Å²) >= 11 is 1.41. The van der Waals surface area contributed by atoms with Crippen LogP contribution in [-0.2, 0) is 12.3 Å². The van der Waals surface area contributed by atoms with Crippen LogP contribution in [0, 0.1) is 5.82 Å². The maximum Gasteiger partial charge on any atom is 0.262 e. The van der Waals surface area contributed by atoms with E-state index in [1.54, 1.807) is 22.9 Å². The molecule has 0 fully saturated rings. The van der Waals surface area contributed by atoms with Crippen LogP contribution in [0.2, 0.25) is 0 Å². The van der Waals surface area contributed by atoms with E-state index in [4.69, 9.17) is 0 Å². The highest BCUT2D eigenvalue weighted by molar-refractivity contribution is 7.98. The Balaban J connectivity index is 1.75. The van der Waals surface area contributed by atoms with Gasteiger partial charge in [-0.1, -0.05) is 42.1 Å². The number of thioether (sulfide) groups is 1. The average molecular weight is 377 g/mol. The van der Waals surface area contributed by atoms with Crippen molar-refractivity contribution in [1.29, 1.82) is 0 Å². The Kier molecular flexibility index (Phi) is 4.98. The molecule has 2 heterocycles. The number of aromatic nitrogens is 3. The summed E-state index contributed by atoms with van der Waals surface area (Å²) in [5.74, 6) is 0.246. The molecule has 2 aromatic heterocycles. The van der Waals surface area contributed by atoms with Gasteiger partial charge in [-0.25, -0.2) is 9.37 Å². The lowest BCUT2D eigenvalue weighted by Gasteiger charge is -2.13. The lowest BCUT2D eigenvalue weighted by atomic mass is 10.2. The molecule has 27 heavy (non-hydrogen) atoms. The van der Waals surface area contributed by atoms with Gasteiger partial charge in [0.1, 0.15) is 5.82 Å². The van der Waals surface area contributed by atoms with E-state index in [2.05, 4.69) is 9.97 Å². The summed E-state index contributed by atoms with van der Waals surface area (Å²) in [6.07, 6.45) is 1.70. The largest absolute Gasteiger partial charge is 0.281 e. The van der Waals surface area contributed by atoms with Crippen LogP contribution < -0.4 is 5.56 Å². The smallest absolute Gasteiger partial charge is 0.262 e. The molecule has 4 nitrogen and oxygen atoms in total. The molecule has 0 amide bonds. The van der Waals surface area contributed by atoms with Gasteiger partial charge in [-0.05, 0) is 42.0 Å². The monoisotopic (exact) mass is 377 g/mol. The highest BCUT2D eigenvalue weighted by Crippen LogP contribution is 2.23. The number of hydrogen-bond acceptors (Lipinski definition) is 4. The molecule has 0 saturated heterocycles. The fraction of sp³-hybridized carbons (Fsp3) is 0.0952. The second-order valence-electron chi connectivity index (χ2n) is 6.04. The minimum Gasteiger partial charge on any atom is -0.281 e. The lowest BCUT2D eigenvalue weighted by Crippen LogP contribution is -2.24. The summed E-state index contributed by atoms with van der Waals surface area (Å²) in [5.41, 5.74) is 2.17. The number of pyridine rings is 1. The predicted octanol–water partition coefficient (Wildman–Crippen LogP) is 4.27. The minimum atomic E-state index is -0.273. The van der Waals surface area contributed by atoms with E-state index in [-0.39, 0.29) is 11.4 Å². The van der Waals surface area contributed by atoms with Gasteiger partial charge in [0.15, 0.2) is 5.16 Å². The van der Waals surface area contributed by atoms with Crippen molar-refractivity contribution < 1.29 is 4.39 Å². The summed E-state index contributed by atoms with van der Waals surface area (Å²) in [6, 6.07) is 19.4. The average Bonchev–Trinajstić information content (AvgIpc) is 2.70. The number of halogens is 1. The molecule has 2 aromatic carbocycles. The van der Waals surface area contributed by atoms with Gasteiger partial charge in [-0.2, -0.15) is 0 Å². The first-order valence-corrected chi connectivity index (χ1v) is 9.46. The summed E-state index contributed by atoms with van der Waals surface area (Å²) in [7, 11) is 0. The number of hydrogen-bond donors (Lipinski definition) is 0. The van der Waals surface area contributed by atoms with Gasteiger partial charge in [0.05, 0.1) is 23.1 Å². The van der Waals surface area contributed by atoms with Crippen molar-refractivity contribution in [3.05, 3.63) is 100 Å². The van der Waals surface area contributed by atoms with Gasteiger partial charge < -0.3 is 0 Å². The molecule has 0 radical (unpaired) electrons. The standard InChI is InChI=1S/C21H16FN3OS/c22-16-7-5-6-15(12-16)14-27-21-24-19-10-2-1-9-18(19)20(26)25(21)13-17-8-3-4-11-23-17/h1-12H,13-14H2. The summed E-state index contributed by atoms with van der Waals surface area (Å²) in [6.45, 7) is 0.336. The van der Waals surface area contributed by atoms with E-state index in [1.807, 2.05) is 42.5 Å². The Bertz CT molecular complexity index is 1140. The molecule has 0 aliphatic heterocycles. The molecular formula is C21H16FN3OS. The summed E-state index contributed by atoms with van der Waals surface area (Å²) in [5, 5.41) is 1.16. The van der Waals surface area contributed by atoms with Crippen LogP contribution in [0.25, 0.3) is 10.9 Å². The number of benzene rings is 2. The summed E-state index contributed by atoms with van der Waals surface area (Å²) < 4.78 is 15.1. The molecular weight excluding hydrogens is 361 g/mol. The second kappa shape index (κ2) is 7.72. The minimum absolute atomic E-state index is 0.104. The van der Waals surface area contributed by atoms with Crippen LogP contribution in [-0.4, -0.2) is 14.5 Å². The fourth-order valence-electron chi connectivity index (χ4n) is 2.83. The fourth-order valence-corrected chi connectivity index (χ4v) is 3.77. The van der Waals surface area contributed by atoms with Crippen LogP contribution in [0.15, 0.2) is 82.9 Å². The Labute approximate surface area is 159 Å². The lowest BCUT2D eigenvalue weighted by molar-refractivity contribution is 0.626. The molecule has 0 unspecified atom stereocenters. The van der Waals surface area contributed by atoms with E-state index < -0.39 is 0 Å². The number of para-hydroxylation sites is 1. The van der Waals surface area contributed by atoms with Crippen molar-refractivity contribution in [2.24, 2.45) is 0 Å². The molecule has 134 valence electrons. The SMILES string of the molecule is O=c1c2ccccc2nc(SCc2cccc(F)c2)n1Cc1ccccn1. The Morgan fingerprint density at radius 3 is 2.67 bits per heavy atom. The molecule has 0 bridgehead atoms. The normalized spacial score (nSPS) is 11.0. The molecule has 0 spiro atoms. The van der Waals surface area contributed by atoms with Crippen LogP contribution in [0.5, 0.6) is 0 Å². The van der Waals surface area contributed by atoms with Gasteiger partial charge in [0.2, 0.25) is 0 Å². The van der Waals surface area contributed by atoms with Gasteiger partial charge >= 0.3 is 0 Å². The van der Waals surface area contributed by atoms with E-state index in [0.29, 0.717) is 28.4 Å². The zero-order chi connectivity index (χ0) is 18.6. The Morgan fingerprint density at radius 1 is 1.00 bits per heavy atom. The summed E-state index contributed by atoms with van der Waals surface area (Å²) in [4.78, 5) is 22.0. The van der Waals surface area contributed by atoms with Crippen molar-refractivity contribution in [1.82, 2.24) is 14.5 Å². The first-order chi connectivity index (χ1) is 13.2. The number of fused-ring (bicyclic) bond motifs is 1.